The van der Waals surface area contributed by atoms with Crippen molar-refractivity contribution in [3.63, 3.8) is 0 Å². The number of carboxylic acids is 1. The Hall–Kier alpha value is 0.313. The zero-order chi connectivity index (χ0) is 4.99. The zero-order valence-electron chi connectivity index (χ0n) is 3.97. The molecule has 1 N–H and O–H groups in total. The molecule has 0 amide bonds. The van der Waals surface area contributed by atoms with Gasteiger partial charge in [0.05, 0.1) is 0 Å². The summed E-state index contributed by atoms with van der Waals surface area (Å²) in [5.74, 6) is -0.933. The number of hydrogen-bond donors (Lipinski definition) is 1. The van der Waals surface area contributed by atoms with Gasteiger partial charge in [-0.3, -0.25) is 0 Å². The molecular formula is C3H6O3Zr. The van der Waals surface area contributed by atoms with Gasteiger partial charge in [0, 0.05) is 33.3 Å². The molecule has 3 nitrogen and oxygen atoms in total. The van der Waals surface area contributed by atoms with Crippen LogP contribution in [0, 0.1) is 0 Å². The summed E-state index contributed by atoms with van der Waals surface area (Å²) in [5, 5.41) is 7.79. The van der Waals surface area contributed by atoms with Crippen molar-refractivity contribution in [2.75, 3.05) is 13.7 Å². The van der Waals surface area contributed by atoms with Crippen LogP contribution in [-0.4, -0.2) is 24.8 Å². The molecule has 0 aliphatic heterocycles. The van der Waals surface area contributed by atoms with Crippen LogP contribution in [0.4, 0.5) is 0 Å². The molecule has 0 saturated heterocycles. The molecule has 0 aliphatic rings. The molecule has 0 heterocycles. The second kappa shape index (κ2) is 6.31. The zero-order valence-corrected chi connectivity index (χ0v) is 6.43. The number of ether oxygens (including phenoxy) is 1. The summed E-state index contributed by atoms with van der Waals surface area (Å²) >= 11 is 0. The van der Waals surface area contributed by atoms with E-state index in [9.17, 15) is 4.79 Å². The topological polar surface area (TPSA) is 46.5 Å². The minimum absolute atomic E-state index is 0. The molecule has 0 aromatic carbocycles. The molecule has 0 spiro atoms. The van der Waals surface area contributed by atoms with E-state index in [1.54, 1.807) is 0 Å². The van der Waals surface area contributed by atoms with Gasteiger partial charge in [0.15, 0.2) is 0 Å². The van der Waals surface area contributed by atoms with E-state index in [1.165, 1.54) is 7.11 Å². The molecule has 0 rings (SSSR count). The van der Waals surface area contributed by atoms with Crippen LogP contribution in [0.1, 0.15) is 0 Å². The van der Waals surface area contributed by atoms with Crippen molar-refractivity contribution >= 4 is 5.97 Å². The Balaban J connectivity index is 0. The van der Waals surface area contributed by atoms with Gasteiger partial charge in [-0.05, 0) is 0 Å². The van der Waals surface area contributed by atoms with Gasteiger partial charge in [-0.25, -0.2) is 4.79 Å². The van der Waals surface area contributed by atoms with Gasteiger partial charge in [0.1, 0.15) is 6.61 Å². The summed E-state index contributed by atoms with van der Waals surface area (Å²) in [4.78, 5) is 9.47. The number of carbonyl (C=O) groups is 1. The Labute approximate surface area is 60.8 Å². The molecule has 4 heteroatoms. The Morgan fingerprint density at radius 3 is 2.29 bits per heavy atom. The Morgan fingerprint density at radius 1 is 1.86 bits per heavy atom. The van der Waals surface area contributed by atoms with Crippen LogP contribution in [0.5, 0.6) is 0 Å². The maximum atomic E-state index is 9.47. The summed E-state index contributed by atoms with van der Waals surface area (Å²) in [6.07, 6.45) is 0. The maximum Gasteiger partial charge on any atom is 0.329 e. The first-order valence-electron chi connectivity index (χ1n) is 1.48. The van der Waals surface area contributed by atoms with Gasteiger partial charge in [-0.15, -0.1) is 0 Å². The standard InChI is InChI=1S/C3H6O3.Zr/c1-6-2-3(4)5;/h2H2,1H3,(H,4,5);. The third-order valence-corrected chi connectivity index (χ3v) is 0.268. The minimum atomic E-state index is -0.933. The van der Waals surface area contributed by atoms with Crippen molar-refractivity contribution in [2.45, 2.75) is 0 Å². The normalized spacial score (nSPS) is 7.00. The van der Waals surface area contributed by atoms with E-state index >= 15 is 0 Å². The fourth-order valence-electron chi connectivity index (χ4n) is 0.123. The van der Waals surface area contributed by atoms with Gasteiger partial charge in [-0.2, -0.15) is 0 Å². The van der Waals surface area contributed by atoms with Gasteiger partial charge < -0.3 is 9.84 Å². The predicted molar refractivity (Wildman–Crippen MR) is 19.5 cm³/mol. The Morgan fingerprint density at radius 2 is 2.29 bits per heavy atom. The maximum absolute atomic E-state index is 9.47. The quantitative estimate of drug-likeness (QED) is 0.637. The largest absolute Gasteiger partial charge is 0.480 e. The predicted octanol–water partition coefficient (Wildman–Crippen LogP) is -0.285. The van der Waals surface area contributed by atoms with E-state index in [2.05, 4.69) is 4.74 Å². The molecule has 0 aliphatic carbocycles. The molecule has 7 heavy (non-hydrogen) atoms. The SMILES string of the molecule is COCC(=O)O.[Zr]. The molecular weight excluding hydrogens is 175 g/mol. The van der Waals surface area contributed by atoms with Crippen LogP contribution in [0.3, 0.4) is 0 Å². The molecule has 0 unspecified atom stereocenters. The molecule has 0 aromatic heterocycles. The van der Waals surface area contributed by atoms with Crippen molar-refractivity contribution in [3.05, 3.63) is 0 Å². The average Bonchev–Trinajstić information content (AvgIpc) is 1.35. The fraction of sp³-hybridized carbons (Fsp3) is 0.667. The summed E-state index contributed by atoms with van der Waals surface area (Å²) < 4.78 is 4.20. The van der Waals surface area contributed by atoms with E-state index in [0.29, 0.717) is 0 Å². The second-order valence-corrected chi connectivity index (χ2v) is 0.827. The number of carboxylic acid groups (broad SMARTS) is 1. The van der Waals surface area contributed by atoms with E-state index in [0.717, 1.165) is 0 Å². The molecule has 0 saturated carbocycles. The van der Waals surface area contributed by atoms with Crippen LogP contribution < -0.4 is 0 Å². The van der Waals surface area contributed by atoms with Crippen molar-refractivity contribution in [1.29, 1.82) is 0 Å². The first-order valence-corrected chi connectivity index (χ1v) is 1.48. The smallest absolute Gasteiger partial charge is 0.329 e. The van der Waals surface area contributed by atoms with Crippen molar-refractivity contribution in [1.82, 2.24) is 0 Å². The van der Waals surface area contributed by atoms with Crippen LogP contribution in [0.2, 0.25) is 0 Å². The number of methoxy groups -OCH3 is 1. The fourth-order valence-corrected chi connectivity index (χ4v) is 0.123. The number of hydrogen-bond acceptors (Lipinski definition) is 2. The molecule has 0 fully saturated rings. The van der Waals surface area contributed by atoms with Crippen LogP contribution in [0.15, 0.2) is 0 Å². The third-order valence-electron chi connectivity index (χ3n) is 0.268. The monoisotopic (exact) mass is 180 g/mol. The second-order valence-electron chi connectivity index (χ2n) is 0.827. The van der Waals surface area contributed by atoms with Crippen molar-refractivity contribution in [3.8, 4) is 0 Å². The molecule has 40 valence electrons. The Bertz CT molecular complexity index is 54.1. The van der Waals surface area contributed by atoms with Gasteiger partial charge >= 0.3 is 5.97 Å². The van der Waals surface area contributed by atoms with Gasteiger partial charge in [0.2, 0.25) is 0 Å². The summed E-state index contributed by atoms with van der Waals surface area (Å²) in [6.45, 7) is -0.208. The van der Waals surface area contributed by atoms with Gasteiger partial charge in [-0.1, -0.05) is 0 Å². The van der Waals surface area contributed by atoms with Crippen LogP contribution in [-0.2, 0) is 35.7 Å². The van der Waals surface area contributed by atoms with E-state index in [-0.39, 0.29) is 32.8 Å². The van der Waals surface area contributed by atoms with Crippen molar-refractivity contribution < 1.29 is 40.8 Å². The Kier molecular flexibility index (Phi) is 9.31. The third kappa shape index (κ3) is 10.7. The summed E-state index contributed by atoms with van der Waals surface area (Å²) in [6, 6.07) is 0. The molecule has 0 bridgehead atoms. The molecule has 0 aromatic rings. The van der Waals surface area contributed by atoms with Gasteiger partial charge in [0.25, 0.3) is 0 Å². The first kappa shape index (κ1) is 10.3. The van der Waals surface area contributed by atoms with E-state index < -0.39 is 5.97 Å². The van der Waals surface area contributed by atoms with E-state index in [1.807, 2.05) is 0 Å². The van der Waals surface area contributed by atoms with E-state index in [4.69, 9.17) is 5.11 Å². The van der Waals surface area contributed by atoms with Crippen LogP contribution >= 0.6 is 0 Å². The molecule has 0 atom stereocenters. The average molecular weight is 181 g/mol. The summed E-state index contributed by atoms with van der Waals surface area (Å²) in [7, 11) is 1.34. The van der Waals surface area contributed by atoms with Crippen molar-refractivity contribution in [2.24, 2.45) is 0 Å². The number of aliphatic carboxylic acids is 1. The first-order chi connectivity index (χ1) is 2.77. The summed E-state index contributed by atoms with van der Waals surface area (Å²) in [5.41, 5.74) is 0. The molecule has 0 radical (unpaired) electrons. The number of rotatable bonds is 2. The van der Waals surface area contributed by atoms with Crippen LogP contribution in [0.25, 0.3) is 0 Å². The minimum Gasteiger partial charge on any atom is -0.480 e.